The van der Waals surface area contributed by atoms with E-state index in [9.17, 15) is 14.7 Å². The number of aromatic nitrogens is 1. The first kappa shape index (κ1) is 25.7. The highest BCUT2D eigenvalue weighted by atomic mass is 32.1. The quantitative estimate of drug-likeness (QED) is 0.377. The van der Waals surface area contributed by atoms with Crippen molar-refractivity contribution in [1.29, 1.82) is 0 Å². The number of hydrogen-bond acceptors (Lipinski definition) is 8. The van der Waals surface area contributed by atoms with Gasteiger partial charge in [0.15, 0.2) is 5.13 Å². The van der Waals surface area contributed by atoms with Crippen LogP contribution in [0.25, 0.3) is 15.8 Å². The summed E-state index contributed by atoms with van der Waals surface area (Å²) in [5.74, 6) is -0.945. The van der Waals surface area contributed by atoms with Gasteiger partial charge in [-0.2, -0.15) is 5.10 Å². The van der Waals surface area contributed by atoms with E-state index in [4.69, 9.17) is 0 Å². The molecule has 0 unspecified atom stereocenters. The summed E-state index contributed by atoms with van der Waals surface area (Å²) < 4.78 is 1.04. The first-order valence-electron chi connectivity index (χ1n) is 12.7. The minimum absolute atomic E-state index is 0.0248. The zero-order valence-corrected chi connectivity index (χ0v) is 23.2. The lowest BCUT2D eigenvalue weighted by Gasteiger charge is -2.29. The molecule has 0 saturated carbocycles. The number of para-hydroxylation sites is 1. The number of aliphatic hydroxyl groups excluding tert-OH is 1. The lowest BCUT2D eigenvalue weighted by molar-refractivity contribution is -0.130. The third kappa shape index (κ3) is 4.16. The summed E-state index contributed by atoms with van der Waals surface area (Å²) in [6, 6.07) is 13.6. The number of hydrogen-bond donors (Lipinski definition) is 2. The Morgan fingerprint density at radius 1 is 1.03 bits per heavy atom. The number of thiazole rings is 1. The second-order valence-corrected chi connectivity index (χ2v) is 11.3. The molecule has 1 aromatic heterocycles. The summed E-state index contributed by atoms with van der Waals surface area (Å²) in [6.07, 6.45) is 0. The van der Waals surface area contributed by atoms with Crippen LogP contribution < -0.4 is 10.2 Å². The van der Waals surface area contributed by atoms with E-state index in [-0.39, 0.29) is 34.2 Å². The van der Waals surface area contributed by atoms with Gasteiger partial charge in [-0.05, 0) is 71.9 Å². The number of nitrogens with one attached hydrogen (secondary N) is 1. The highest BCUT2D eigenvalue weighted by molar-refractivity contribution is 7.22. The predicted molar refractivity (Wildman–Crippen MR) is 154 cm³/mol. The number of hydrazone groups is 1. The maximum Gasteiger partial charge on any atom is 0.277 e. The summed E-state index contributed by atoms with van der Waals surface area (Å²) in [5.41, 5.74) is 3.32. The molecule has 0 saturated heterocycles. The normalized spacial score (nSPS) is 17.8. The van der Waals surface area contributed by atoms with Crippen molar-refractivity contribution in [3.05, 3.63) is 64.9 Å². The SMILES string of the molecule is CCN(CC)c1ccc(C2=C(O)C(=C3C(=O)N(C(C)(C)C)N=C3C)C2=O)c(Nc2nc3ccccc3s2)c1. The fourth-order valence-corrected chi connectivity index (χ4v) is 5.69. The molecule has 1 aliphatic carbocycles. The second kappa shape index (κ2) is 9.40. The molecule has 1 amide bonds. The molecule has 3 aromatic rings. The molecule has 0 atom stereocenters. The minimum atomic E-state index is -0.551. The van der Waals surface area contributed by atoms with Crippen LogP contribution in [0.3, 0.4) is 0 Å². The summed E-state index contributed by atoms with van der Waals surface area (Å²) >= 11 is 1.51. The molecule has 0 radical (unpaired) electrons. The molecule has 2 heterocycles. The van der Waals surface area contributed by atoms with Gasteiger partial charge in [-0.25, -0.2) is 9.99 Å². The summed E-state index contributed by atoms with van der Waals surface area (Å²) in [6.45, 7) is 13.1. The number of nitrogens with zero attached hydrogens (tertiary/aromatic N) is 4. The van der Waals surface area contributed by atoms with Gasteiger partial charge < -0.3 is 15.3 Å². The van der Waals surface area contributed by atoms with Crippen LogP contribution in [0.2, 0.25) is 0 Å². The van der Waals surface area contributed by atoms with Gasteiger partial charge in [0.1, 0.15) is 5.76 Å². The Morgan fingerprint density at radius 3 is 2.34 bits per heavy atom. The van der Waals surface area contributed by atoms with Crippen molar-refractivity contribution in [3.63, 3.8) is 0 Å². The molecule has 2 aliphatic rings. The highest BCUT2D eigenvalue weighted by Gasteiger charge is 2.45. The van der Waals surface area contributed by atoms with Crippen LogP contribution in [0, 0.1) is 0 Å². The Labute approximate surface area is 226 Å². The lowest BCUT2D eigenvalue weighted by atomic mass is 9.79. The van der Waals surface area contributed by atoms with E-state index >= 15 is 0 Å². The smallest absolute Gasteiger partial charge is 0.277 e. The van der Waals surface area contributed by atoms with Crippen molar-refractivity contribution in [2.24, 2.45) is 5.10 Å². The molecule has 8 nitrogen and oxygen atoms in total. The molecule has 2 N–H and O–H groups in total. The van der Waals surface area contributed by atoms with Crippen molar-refractivity contribution in [1.82, 2.24) is 9.99 Å². The summed E-state index contributed by atoms with van der Waals surface area (Å²) in [4.78, 5) is 33.6. The van der Waals surface area contributed by atoms with Crippen LogP contribution in [0.15, 0.2) is 64.5 Å². The first-order valence-corrected chi connectivity index (χ1v) is 13.5. The topological polar surface area (TPSA) is 98.1 Å². The lowest BCUT2D eigenvalue weighted by Crippen LogP contribution is -2.40. The van der Waals surface area contributed by atoms with Gasteiger partial charge in [0.25, 0.3) is 5.91 Å². The van der Waals surface area contributed by atoms with Gasteiger partial charge in [-0.15, -0.1) is 0 Å². The third-order valence-electron chi connectivity index (χ3n) is 6.77. The number of carbonyl (C=O) groups excluding carboxylic acids is 2. The van der Waals surface area contributed by atoms with E-state index < -0.39 is 5.54 Å². The fraction of sp³-hybridized carbons (Fsp3) is 0.310. The number of fused-ring (bicyclic) bond motifs is 1. The molecular weight excluding hydrogens is 498 g/mol. The van der Waals surface area contributed by atoms with Crippen LogP contribution in [0.5, 0.6) is 0 Å². The molecular formula is C29H31N5O3S. The van der Waals surface area contributed by atoms with Gasteiger partial charge in [0.2, 0.25) is 5.78 Å². The van der Waals surface area contributed by atoms with E-state index in [2.05, 4.69) is 34.1 Å². The van der Waals surface area contributed by atoms with Crippen molar-refractivity contribution in [2.45, 2.75) is 47.1 Å². The van der Waals surface area contributed by atoms with Crippen molar-refractivity contribution in [3.8, 4) is 0 Å². The van der Waals surface area contributed by atoms with Crippen LogP contribution in [0.1, 0.15) is 47.1 Å². The van der Waals surface area contributed by atoms with Gasteiger partial charge in [-0.1, -0.05) is 23.5 Å². The van der Waals surface area contributed by atoms with E-state index in [1.807, 2.05) is 63.2 Å². The number of aliphatic hydroxyl groups is 1. The number of rotatable bonds is 6. The largest absolute Gasteiger partial charge is 0.506 e. The molecule has 0 fully saturated rings. The Kier molecular flexibility index (Phi) is 6.35. The Bertz CT molecular complexity index is 1540. The second-order valence-electron chi connectivity index (χ2n) is 10.3. The van der Waals surface area contributed by atoms with E-state index in [1.165, 1.54) is 16.3 Å². The number of ketones is 1. The standard InChI is InChI=1S/C29H31N5O3S/c1-7-33(8-2)17-13-14-18(20(15-17)31-28-30-19-11-9-10-12-21(19)38-28)23-25(35)24(26(23)36)22-16(3)32-34(27(22)37)29(4,5)6/h9-15,35H,7-8H2,1-6H3,(H,30,31). The molecule has 0 bridgehead atoms. The molecule has 196 valence electrons. The number of benzene rings is 2. The predicted octanol–water partition coefficient (Wildman–Crippen LogP) is 6.05. The monoisotopic (exact) mass is 529 g/mol. The van der Waals surface area contributed by atoms with Gasteiger partial charge in [0.05, 0.1) is 43.9 Å². The zero-order valence-electron chi connectivity index (χ0n) is 22.4. The number of carbonyl (C=O) groups is 2. The Morgan fingerprint density at radius 2 is 1.74 bits per heavy atom. The van der Waals surface area contributed by atoms with Crippen molar-refractivity contribution in [2.75, 3.05) is 23.3 Å². The number of amides is 1. The molecule has 5 rings (SSSR count). The maximum absolute atomic E-state index is 13.5. The average Bonchev–Trinajstić information content (AvgIpc) is 3.41. The molecule has 2 aromatic carbocycles. The fourth-order valence-electron chi connectivity index (χ4n) is 4.81. The molecule has 38 heavy (non-hydrogen) atoms. The van der Waals surface area contributed by atoms with E-state index in [1.54, 1.807) is 6.92 Å². The van der Waals surface area contributed by atoms with Crippen LogP contribution >= 0.6 is 11.3 Å². The van der Waals surface area contributed by atoms with Crippen molar-refractivity contribution < 1.29 is 14.7 Å². The minimum Gasteiger partial charge on any atom is -0.506 e. The Balaban J connectivity index is 1.60. The molecule has 1 aliphatic heterocycles. The Hall–Kier alpha value is -3.98. The van der Waals surface area contributed by atoms with Gasteiger partial charge in [0, 0.05) is 24.3 Å². The van der Waals surface area contributed by atoms with E-state index in [0.29, 0.717) is 22.1 Å². The van der Waals surface area contributed by atoms with Gasteiger partial charge >= 0.3 is 0 Å². The number of anilines is 3. The third-order valence-corrected chi connectivity index (χ3v) is 7.72. The molecule has 9 heteroatoms. The zero-order chi connectivity index (χ0) is 27.4. The number of allylic oxidation sites excluding steroid dienone is 2. The maximum atomic E-state index is 13.5. The van der Waals surface area contributed by atoms with Crippen LogP contribution in [-0.4, -0.2) is 51.1 Å². The molecule has 0 spiro atoms. The summed E-state index contributed by atoms with van der Waals surface area (Å²) in [7, 11) is 0. The number of Topliss-reactive ketones (excluding diaryl/α,β-unsaturated/α-hetero) is 1. The van der Waals surface area contributed by atoms with Crippen LogP contribution in [-0.2, 0) is 9.59 Å². The van der Waals surface area contributed by atoms with Crippen molar-refractivity contribution >= 4 is 61.0 Å². The van der Waals surface area contributed by atoms with E-state index in [0.717, 1.165) is 29.0 Å². The summed E-state index contributed by atoms with van der Waals surface area (Å²) in [5, 5.41) is 21.0. The first-order chi connectivity index (χ1) is 18.0. The van der Waals surface area contributed by atoms with Gasteiger partial charge in [-0.3, -0.25) is 9.59 Å². The highest BCUT2D eigenvalue weighted by Crippen LogP contribution is 2.44. The average molecular weight is 530 g/mol. The van der Waals surface area contributed by atoms with Crippen LogP contribution in [0.4, 0.5) is 16.5 Å².